The van der Waals surface area contributed by atoms with E-state index in [1.807, 2.05) is 38.1 Å². The summed E-state index contributed by atoms with van der Waals surface area (Å²) < 4.78 is 5.84. The number of rotatable bonds is 4. The first-order valence-electron chi connectivity index (χ1n) is 7.27. The lowest BCUT2D eigenvalue weighted by molar-refractivity contribution is -0.131. The zero-order valence-corrected chi connectivity index (χ0v) is 14.1. The molecule has 0 fully saturated rings. The van der Waals surface area contributed by atoms with Gasteiger partial charge in [-0.2, -0.15) is 0 Å². The van der Waals surface area contributed by atoms with E-state index in [2.05, 4.69) is 6.08 Å². The van der Waals surface area contributed by atoms with Crippen molar-refractivity contribution in [2.45, 2.75) is 20.8 Å². The molecule has 2 rings (SSSR count). The molecule has 0 aliphatic carbocycles. The van der Waals surface area contributed by atoms with Crippen LogP contribution in [0.25, 0.3) is 6.08 Å². The molecule has 0 bridgehead atoms. The molecular formula is C19H19ClO3. The highest BCUT2D eigenvalue weighted by atomic mass is 35.5. The second-order valence-corrected chi connectivity index (χ2v) is 5.97. The Balaban J connectivity index is 2.22. The Kier molecular flexibility index (Phi) is 5.45. The molecule has 0 radical (unpaired) electrons. The summed E-state index contributed by atoms with van der Waals surface area (Å²) in [7, 11) is 0. The van der Waals surface area contributed by atoms with Crippen LogP contribution in [0.5, 0.6) is 5.75 Å². The number of carboxylic acid groups (broad SMARTS) is 1. The Labute approximate surface area is 141 Å². The molecule has 0 saturated carbocycles. The van der Waals surface area contributed by atoms with Crippen LogP contribution in [0.4, 0.5) is 0 Å². The number of carbonyl (C=O) groups is 1. The summed E-state index contributed by atoms with van der Waals surface area (Å²) in [6.07, 6.45) is 8.79. The summed E-state index contributed by atoms with van der Waals surface area (Å²) in [6.45, 7) is 6.23. The van der Waals surface area contributed by atoms with E-state index in [-0.39, 0.29) is 0 Å². The van der Waals surface area contributed by atoms with Gasteiger partial charge in [0.05, 0.1) is 0 Å². The first kappa shape index (κ1) is 17.1. The van der Waals surface area contributed by atoms with Gasteiger partial charge >= 0.3 is 5.97 Å². The molecule has 0 unspecified atom stereocenters. The molecule has 3 nitrogen and oxygen atoms in total. The average molecular weight is 331 g/mol. The van der Waals surface area contributed by atoms with Crippen molar-refractivity contribution >= 4 is 23.6 Å². The topological polar surface area (TPSA) is 46.5 Å². The lowest BCUT2D eigenvalue weighted by atomic mass is 10.00. The van der Waals surface area contributed by atoms with Crippen LogP contribution in [0.2, 0.25) is 5.02 Å². The Morgan fingerprint density at radius 1 is 1.35 bits per heavy atom. The number of allylic oxidation sites excluding steroid dienone is 4. The van der Waals surface area contributed by atoms with Gasteiger partial charge in [0.1, 0.15) is 12.4 Å². The molecule has 1 N–H and O–H groups in total. The van der Waals surface area contributed by atoms with E-state index < -0.39 is 5.97 Å². The largest absolute Gasteiger partial charge is 0.488 e. The molecular weight excluding hydrogens is 312 g/mol. The van der Waals surface area contributed by atoms with E-state index in [1.165, 1.54) is 6.08 Å². The Hall–Kier alpha value is -2.26. The fourth-order valence-electron chi connectivity index (χ4n) is 2.36. The summed E-state index contributed by atoms with van der Waals surface area (Å²) in [5.74, 6) is -0.0678. The van der Waals surface area contributed by atoms with Crippen molar-refractivity contribution < 1.29 is 14.6 Å². The highest BCUT2D eigenvalue weighted by Gasteiger charge is 2.15. The third-order valence-electron chi connectivity index (χ3n) is 3.53. The molecule has 1 heterocycles. The van der Waals surface area contributed by atoms with Crippen molar-refractivity contribution in [2.75, 3.05) is 6.61 Å². The van der Waals surface area contributed by atoms with Crippen LogP contribution in [-0.2, 0) is 4.79 Å². The van der Waals surface area contributed by atoms with Gasteiger partial charge in [-0.05, 0) is 61.3 Å². The lowest BCUT2D eigenvalue weighted by Crippen LogP contribution is -2.09. The first-order valence-corrected chi connectivity index (χ1v) is 7.64. The van der Waals surface area contributed by atoms with Crippen LogP contribution < -0.4 is 4.74 Å². The standard InChI is InChI=1S/C19H19ClO3/c1-12(7-18(21)22)5-4-6-13(2)16-9-15-10-17(20)8-14(3)19(15)23-11-16/h4-10H,11H2,1-3H3,(H,21,22). The van der Waals surface area contributed by atoms with Crippen LogP contribution in [0.1, 0.15) is 25.0 Å². The molecule has 0 spiro atoms. The summed E-state index contributed by atoms with van der Waals surface area (Å²) >= 11 is 6.10. The molecule has 0 saturated heterocycles. The van der Waals surface area contributed by atoms with Gasteiger partial charge in [0, 0.05) is 16.7 Å². The van der Waals surface area contributed by atoms with Gasteiger partial charge in [-0.3, -0.25) is 0 Å². The second-order valence-electron chi connectivity index (χ2n) is 5.53. The van der Waals surface area contributed by atoms with Gasteiger partial charge in [0.2, 0.25) is 0 Å². The predicted molar refractivity (Wildman–Crippen MR) is 94.0 cm³/mol. The van der Waals surface area contributed by atoms with E-state index in [0.29, 0.717) is 17.2 Å². The van der Waals surface area contributed by atoms with Gasteiger partial charge < -0.3 is 9.84 Å². The highest BCUT2D eigenvalue weighted by Crippen LogP contribution is 2.34. The fraction of sp³-hybridized carbons (Fsp3) is 0.211. The summed E-state index contributed by atoms with van der Waals surface area (Å²) in [5, 5.41) is 9.36. The molecule has 1 aromatic rings. The molecule has 120 valence electrons. The average Bonchev–Trinajstić information content (AvgIpc) is 2.45. The van der Waals surface area contributed by atoms with E-state index in [9.17, 15) is 4.79 Å². The zero-order chi connectivity index (χ0) is 17.0. The lowest BCUT2D eigenvalue weighted by Gasteiger charge is -2.20. The predicted octanol–water partition coefficient (Wildman–Crippen LogP) is 4.96. The fourth-order valence-corrected chi connectivity index (χ4v) is 2.64. The van der Waals surface area contributed by atoms with E-state index >= 15 is 0 Å². The van der Waals surface area contributed by atoms with Gasteiger partial charge in [0.25, 0.3) is 0 Å². The second kappa shape index (κ2) is 7.34. The maximum Gasteiger partial charge on any atom is 0.328 e. The van der Waals surface area contributed by atoms with Crippen LogP contribution >= 0.6 is 11.6 Å². The van der Waals surface area contributed by atoms with Crippen molar-refractivity contribution in [1.29, 1.82) is 0 Å². The third-order valence-corrected chi connectivity index (χ3v) is 3.75. The summed E-state index contributed by atoms with van der Waals surface area (Å²) in [5.41, 5.74) is 4.83. The van der Waals surface area contributed by atoms with Crippen LogP contribution in [0, 0.1) is 6.92 Å². The minimum Gasteiger partial charge on any atom is -0.488 e. The number of carboxylic acids is 1. The minimum absolute atomic E-state index is 0.510. The Bertz CT molecular complexity index is 752. The molecule has 0 aromatic heterocycles. The number of fused-ring (bicyclic) bond motifs is 1. The smallest absolute Gasteiger partial charge is 0.328 e. The van der Waals surface area contributed by atoms with Crippen LogP contribution in [0.15, 0.2) is 53.2 Å². The number of hydrogen-bond acceptors (Lipinski definition) is 2. The van der Waals surface area contributed by atoms with Crippen molar-refractivity contribution in [1.82, 2.24) is 0 Å². The van der Waals surface area contributed by atoms with Gasteiger partial charge in [-0.1, -0.05) is 29.8 Å². The van der Waals surface area contributed by atoms with Gasteiger partial charge in [-0.25, -0.2) is 4.79 Å². The number of aliphatic carboxylic acids is 1. The van der Waals surface area contributed by atoms with E-state index in [0.717, 1.165) is 28.0 Å². The Morgan fingerprint density at radius 2 is 2.09 bits per heavy atom. The molecule has 23 heavy (non-hydrogen) atoms. The normalized spacial score (nSPS) is 15.2. The molecule has 1 aliphatic heterocycles. The van der Waals surface area contributed by atoms with E-state index in [1.54, 1.807) is 13.0 Å². The van der Waals surface area contributed by atoms with Crippen molar-refractivity contribution in [3.05, 3.63) is 69.3 Å². The third kappa shape index (κ3) is 4.60. The molecule has 0 atom stereocenters. The number of aryl methyl sites for hydroxylation is 1. The highest BCUT2D eigenvalue weighted by molar-refractivity contribution is 6.30. The van der Waals surface area contributed by atoms with Crippen molar-refractivity contribution in [2.24, 2.45) is 0 Å². The maximum absolute atomic E-state index is 10.6. The van der Waals surface area contributed by atoms with E-state index in [4.69, 9.17) is 21.4 Å². The molecule has 4 heteroatoms. The minimum atomic E-state index is -0.944. The van der Waals surface area contributed by atoms with Crippen molar-refractivity contribution in [3.63, 3.8) is 0 Å². The Morgan fingerprint density at radius 3 is 2.78 bits per heavy atom. The SMILES string of the molecule is CC(C=CC=C(C)C1=Cc2cc(Cl)cc(C)c2OC1)=CC(=O)O. The number of hydrogen-bond donors (Lipinski definition) is 1. The van der Waals surface area contributed by atoms with Gasteiger partial charge in [-0.15, -0.1) is 0 Å². The van der Waals surface area contributed by atoms with Crippen LogP contribution in [-0.4, -0.2) is 17.7 Å². The number of benzene rings is 1. The maximum atomic E-state index is 10.6. The summed E-state index contributed by atoms with van der Waals surface area (Å²) in [4.78, 5) is 10.6. The summed E-state index contributed by atoms with van der Waals surface area (Å²) in [6, 6.07) is 3.79. The van der Waals surface area contributed by atoms with Crippen LogP contribution in [0.3, 0.4) is 0 Å². The molecule has 0 amide bonds. The number of halogens is 1. The number of ether oxygens (including phenoxy) is 1. The molecule has 1 aliphatic rings. The zero-order valence-electron chi connectivity index (χ0n) is 13.4. The van der Waals surface area contributed by atoms with Crippen molar-refractivity contribution in [3.8, 4) is 5.75 Å². The first-order chi connectivity index (χ1) is 10.9. The molecule has 1 aromatic carbocycles. The van der Waals surface area contributed by atoms with Gasteiger partial charge in [0.15, 0.2) is 0 Å². The monoisotopic (exact) mass is 330 g/mol. The quantitative estimate of drug-likeness (QED) is 0.627.